The van der Waals surface area contributed by atoms with Gasteiger partial charge in [-0.3, -0.25) is 4.90 Å². The number of methoxy groups -OCH3 is 1. The van der Waals surface area contributed by atoms with Gasteiger partial charge in [0, 0.05) is 12.1 Å². The third-order valence-corrected chi connectivity index (χ3v) is 1.92. The van der Waals surface area contributed by atoms with E-state index in [0.717, 1.165) is 5.56 Å². The van der Waals surface area contributed by atoms with Crippen molar-refractivity contribution in [1.29, 1.82) is 0 Å². The van der Waals surface area contributed by atoms with Crippen molar-refractivity contribution in [3.63, 3.8) is 0 Å². The van der Waals surface area contributed by atoms with Gasteiger partial charge in [0.05, 0.1) is 13.8 Å². The van der Waals surface area contributed by atoms with Crippen molar-refractivity contribution in [3.05, 3.63) is 29.6 Å². The van der Waals surface area contributed by atoms with Gasteiger partial charge in [-0.15, -0.1) is 0 Å². The van der Waals surface area contributed by atoms with Crippen LogP contribution in [0, 0.1) is 5.82 Å². The lowest BCUT2D eigenvalue weighted by Gasteiger charge is -2.15. The third kappa shape index (κ3) is 2.68. The molecule has 0 saturated heterocycles. The molecule has 14 heavy (non-hydrogen) atoms. The molecule has 0 aliphatic carbocycles. The zero-order chi connectivity index (χ0) is 10.6. The van der Waals surface area contributed by atoms with Gasteiger partial charge in [0.1, 0.15) is 11.6 Å². The minimum absolute atomic E-state index is 0.0698. The number of benzene rings is 1. The van der Waals surface area contributed by atoms with E-state index in [1.54, 1.807) is 18.0 Å². The molecule has 1 aromatic rings. The molecule has 1 N–H and O–H groups in total. The quantitative estimate of drug-likeness (QED) is 0.740. The molecule has 78 valence electrons. The van der Waals surface area contributed by atoms with Crippen LogP contribution in [-0.2, 0) is 6.54 Å². The maximum atomic E-state index is 12.9. The lowest BCUT2D eigenvalue weighted by molar-refractivity contribution is 0.126. The van der Waals surface area contributed by atoms with Crippen molar-refractivity contribution < 1.29 is 14.2 Å². The maximum absolute atomic E-state index is 12.9. The molecule has 1 aromatic carbocycles. The molecule has 0 aliphatic rings. The van der Waals surface area contributed by atoms with E-state index in [9.17, 15) is 4.39 Å². The summed E-state index contributed by atoms with van der Waals surface area (Å²) in [7, 11) is 3.28. The molecule has 0 aromatic heterocycles. The summed E-state index contributed by atoms with van der Waals surface area (Å²) >= 11 is 0. The molecule has 0 fully saturated rings. The lowest BCUT2D eigenvalue weighted by atomic mass is 10.2. The summed E-state index contributed by atoms with van der Waals surface area (Å²) in [5.41, 5.74) is 0.726. The first-order valence-electron chi connectivity index (χ1n) is 4.29. The molecule has 0 bridgehead atoms. The Morgan fingerprint density at radius 2 is 2.21 bits per heavy atom. The van der Waals surface area contributed by atoms with Crippen LogP contribution in [0.25, 0.3) is 0 Å². The summed E-state index contributed by atoms with van der Waals surface area (Å²) in [5.74, 6) is 0.332. The lowest BCUT2D eigenvalue weighted by Crippen LogP contribution is -2.19. The molecule has 4 heteroatoms. The average Bonchev–Trinajstić information content (AvgIpc) is 2.18. The van der Waals surface area contributed by atoms with Crippen LogP contribution in [0.15, 0.2) is 18.2 Å². The van der Waals surface area contributed by atoms with E-state index in [1.807, 2.05) is 0 Å². The highest BCUT2D eigenvalue weighted by Crippen LogP contribution is 2.20. The number of rotatable bonds is 4. The van der Waals surface area contributed by atoms with E-state index in [1.165, 1.54) is 19.2 Å². The molecule has 0 heterocycles. The van der Waals surface area contributed by atoms with Crippen LogP contribution in [0.4, 0.5) is 4.39 Å². The molecule has 0 saturated carbocycles. The molecule has 0 radical (unpaired) electrons. The van der Waals surface area contributed by atoms with E-state index in [-0.39, 0.29) is 12.5 Å². The first-order chi connectivity index (χ1) is 6.67. The molecular formula is C10H14FNO2. The van der Waals surface area contributed by atoms with E-state index in [4.69, 9.17) is 9.84 Å². The van der Waals surface area contributed by atoms with Crippen LogP contribution in [0.5, 0.6) is 5.75 Å². The van der Waals surface area contributed by atoms with Crippen molar-refractivity contribution in [2.45, 2.75) is 6.54 Å². The first-order valence-corrected chi connectivity index (χ1v) is 4.29. The standard InChI is InChI=1S/C10H14FNO2/c1-12(7-13)6-8-5-9(11)3-4-10(8)14-2/h3-5,13H,6-7H2,1-2H3. The van der Waals surface area contributed by atoms with Gasteiger partial charge in [0.15, 0.2) is 0 Å². The summed E-state index contributed by atoms with van der Waals surface area (Å²) in [5, 5.41) is 8.82. The van der Waals surface area contributed by atoms with Crippen molar-refractivity contribution in [1.82, 2.24) is 4.90 Å². The van der Waals surface area contributed by atoms with Crippen LogP contribution in [0.1, 0.15) is 5.56 Å². The molecule has 0 unspecified atom stereocenters. The molecular weight excluding hydrogens is 185 g/mol. The molecule has 3 nitrogen and oxygen atoms in total. The molecule has 1 rings (SSSR count). The second-order valence-electron chi connectivity index (χ2n) is 3.11. The minimum atomic E-state index is -0.299. The van der Waals surface area contributed by atoms with Crippen molar-refractivity contribution in [2.75, 3.05) is 20.9 Å². The van der Waals surface area contributed by atoms with Crippen LogP contribution in [0.3, 0.4) is 0 Å². The first kappa shape index (κ1) is 10.9. The Morgan fingerprint density at radius 3 is 2.79 bits per heavy atom. The van der Waals surface area contributed by atoms with E-state index < -0.39 is 0 Å². The van der Waals surface area contributed by atoms with Gasteiger partial charge in [-0.2, -0.15) is 0 Å². The third-order valence-electron chi connectivity index (χ3n) is 1.92. The predicted octanol–water partition coefficient (Wildman–Crippen LogP) is 1.22. The Hall–Kier alpha value is -1.13. The van der Waals surface area contributed by atoms with Gasteiger partial charge < -0.3 is 9.84 Å². The second kappa shape index (κ2) is 4.93. The number of hydrogen-bond acceptors (Lipinski definition) is 3. The monoisotopic (exact) mass is 199 g/mol. The molecule has 0 atom stereocenters. The van der Waals surface area contributed by atoms with Gasteiger partial charge in [-0.25, -0.2) is 4.39 Å². The SMILES string of the molecule is COc1ccc(F)cc1CN(C)CO. The zero-order valence-corrected chi connectivity index (χ0v) is 8.33. The van der Waals surface area contributed by atoms with Crippen LogP contribution in [0.2, 0.25) is 0 Å². The van der Waals surface area contributed by atoms with E-state index in [0.29, 0.717) is 12.3 Å². The highest BCUT2D eigenvalue weighted by Gasteiger charge is 2.06. The van der Waals surface area contributed by atoms with Crippen molar-refractivity contribution in [3.8, 4) is 5.75 Å². The van der Waals surface area contributed by atoms with Gasteiger partial charge >= 0.3 is 0 Å². The van der Waals surface area contributed by atoms with E-state index in [2.05, 4.69) is 0 Å². The summed E-state index contributed by atoms with van der Waals surface area (Å²) in [4.78, 5) is 1.65. The molecule has 0 amide bonds. The normalized spacial score (nSPS) is 10.6. The van der Waals surface area contributed by atoms with Crippen molar-refractivity contribution >= 4 is 0 Å². The van der Waals surface area contributed by atoms with Crippen molar-refractivity contribution in [2.24, 2.45) is 0 Å². The molecule has 0 aliphatic heterocycles. The fraction of sp³-hybridized carbons (Fsp3) is 0.400. The van der Waals surface area contributed by atoms with E-state index >= 15 is 0 Å². The highest BCUT2D eigenvalue weighted by atomic mass is 19.1. The van der Waals surface area contributed by atoms with Gasteiger partial charge in [0.2, 0.25) is 0 Å². The summed E-state index contributed by atoms with van der Waals surface area (Å²) in [6, 6.07) is 4.34. The van der Waals surface area contributed by atoms with Gasteiger partial charge in [0.25, 0.3) is 0 Å². The Kier molecular flexibility index (Phi) is 3.85. The van der Waals surface area contributed by atoms with Crippen LogP contribution < -0.4 is 4.74 Å². The fourth-order valence-corrected chi connectivity index (χ4v) is 1.21. The number of aliphatic hydroxyl groups excluding tert-OH is 1. The second-order valence-corrected chi connectivity index (χ2v) is 3.11. The number of hydrogen-bond donors (Lipinski definition) is 1. The average molecular weight is 199 g/mol. The highest BCUT2D eigenvalue weighted by molar-refractivity contribution is 5.33. The van der Waals surface area contributed by atoms with Crippen LogP contribution in [-0.4, -0.2) is 30.9 Å². The summed E-state index contributed by atoms with van der Waals surface area (Å²) in [6.45, 7) is 0.386. The number of aliphatic hydroxyl groups is 1. The van der Waals surface area contributed by atoms with Gasteiger partial charge in [-0.1, -0.05) is 0 Å². The smallest absolute Gasteiger partial charge is 0.123 e. The van der Waals surface area contributed by atoms with Crippen LogP contribution >= 0.6 is 0 Å². The minimum Gasteiger partial charge on any atom is -0.496 e. The number of ether oxygens (including phenoxy) is 1. The zero-order valence-electron chi connectivity index (χ0n) is 8.33. The molecule has 0 spiro atoms. The Labute approximate surface area is 82.7 Å². The summed E-state index contributed by atoms with van der Waals surface area (Å²) in [6.07, 6.45) is 0. The Balaban J connectivity index is 2.87. The fourth-order valence-electron chi connectivity index (χ4n) is 1.21. The maximum Gasteiger partial charge on any atom is 0.123 e. The largest absolute Gasteiger partial charge is 0.496 e. The Morgan fingerprint density at radius 1 is 1.50 bits per heavy atom. The number of halogens is 1. The predicted molar refractivity (Wildman–Crippen MR) is 51.5 cm³/mol. The summed E-state index contributed by atoms with van der Waals surface area (Å²) < 4.78 is 18.0. The van der Waals surface area contributed by atoms with Gasteiger partial charge in [-0.05, 0) is 25.2 Å². The Bertz CT molecular complexity index is 304. The number of nitrogens with zero attached hydrogens (tertiary/aromatic N) is 1. The topological polar surface area (TPSA) is 32.7 Å².